The minimum atomic E-state index is -0.259. The van der Waals surface area contributed by atoms with Crippen molar-refractivity contribution in [1.82, 2.24) is 4.98 Å². The van der Waals surface area contributed by atoms with E-state index in [1.54, 1.807) is 25.2 Å². The number of aliphatic hydroxyl groups excluding tert-OH is 1. The summed E-state index contributed by atoms with van der Waals surface area (Å²) in [5, 5.41) is 14.8. The van der Waals surface area contributed by atoms with Crippen LogP contribution >= 0.6 is 11.6 Å². The van der Waals surface area contributed by atoms with Gasteiger partial charge in [0.2, 0.25) is 0 Å². The highest BCUT2D eigenvalue weighted by atomic mass is 35.5. The second-order valence-corrected chi connectivity index (χ2v) is 4.83. The third-order valence-electron chi connectivity index (χ3n) is 2.92. The molecule has 0 unspecified atom stereocenters. The molecule has 6 heteroatoms. The number of carbonyl (C=O) groups excluding carboxylic acids is 1. The Hall–Kier alpha value is -2.11. The van der Waals surface area contributed by atoms with Crippen molar-refractivity contribution in [3.05, 3.63) is 52.7 Å². The van der Waals surface area contributed by atoms with E-state index in [1.807, 2.05) is 12.1 Å². The Morgan fingerprint density at radius 2 is 2.00 bits per heavy atom. The summed E-state index contributed by atoms with van der Waals surface area (Å²) in [4.78, 5) is 16.2. The van der Waals surface area contributed by atoms with Crippen LogP contribution < -0.4 is 10.6 Å². The van der Waals surface area contributed by atoms with Crippen LogP contribution in [0.25, 0.3) is 0 Å². The van der Waals surface area contributed by atoms with Crippen molar-refractivity contribution in [3.8, 4) is 0 Å². The summed E-state index contributed by atoms with van der Waals surface area (Å²) < 4.78 is 0. The van der Waals surface area contributed by atoms with Gasteiger partial charge in [-0.15, -0.1) is 0 Å². The van der Waals surface area contributed by atoms with Gasteiger partial charge in [-0.05, 0) is 36.2 Å². The van der Waals surface area contributed by atoms with E-state index in [0.29, 0.717) is 23.5 Å². The average Bonchev–Trinajstić information content (AvgIpc) is 2.48. The van der Waals surface area contributed by atoms with Crippen LogP contribution in [0, 0.1) is 0 Å². The molecule has 2 rings (SSSR count). The summed E-state index contributed by atoms with van der Waals surface area (Å²) in [5.74, 6) is 0.275. The van der Waals surface area contributed by atoms with Gasteiger partial charge in [0.05, 0.1) is 0 Å². The van der Waals surface area contributed by atoms with Gasteiger partial charge in [-0.2, -0.15) is 0 Å². The first-order chi connectivity index (χ1) is 10.1. The number of carbonyl (C=O) groups is 1. The number of nitrogens with one attached hydrogen (secondary N) is 2. The smallest absolute Gasteiger partial charge is 0.255 e. The van der Waals surface area contributed by atoms with Gasteiger partial charge in [0, 0.05) is 24.9 Å². The molecule has 0 bridgehead atoms. The van der Waals surface area contributed by atoms with E-state index < -0.39 is 0 Å². The maximum absolute atomic E-state index is 12.2. The van der Waals surface area contributed by atoms with Gasteiger partial charge in [-0.25, -0.2) is 4.98 Å². The van der Waals surface area contributed by atoms with E-state index in [-0.39, 0.29) is 17.7 Å². The largest absolute Gasteiger partial charge is 0.396 e. The molecule has 0 radical (unpaired) electrons. The first-order valence-electron chi connectivity index (χ1n) is 6.49. The van der Waals surface area contributed by atoms with Gasteiger partial charge in [0.25, 0.3) is 5.91 Å². The van der Waals surface area contributed by atoms with Gasteiger partial charge in [0.15, 0.2) is 0 Å². The average molecular weight is 306 g/mol. The molecule has 0 aliphatic carbocycles. The van der Waals surface area contributed by atoms with E-state index in [1.165, 1.54) is 6.07 Å². The van der Waals surface area contributed by atoms with Crippen molar-refractivity contribution in [3.63, 3.8) is 0 Å². The lowest BCUT2D eigenvalue weighted by atomic mass is 10.1. The first kappa shape index (κ1) is 15.3. The molecule has 0 aliphatic heterocycles. The zero-order valence-electron chi connectivity index (χ0n) is 11.6. The minimum absolute atomic E-state index is 0.105. The van der Waals surface area contributed by atoms with E-state index in [0.717, 1.165) is 5.56 Å². The summed E-state index contributed by atoms with van der Waals surface area (Å²) >= 11 is 5.88. The van der Waals surface area contributed by atoms with Gasteiger partial charge in [0.1, 0.15) is 11.0 Å². The van der Waals surface area contributed by atoms with Gasteiger partial charge >= 0.3 is 0 Å². The van der Waals surface area contributed by atoms with Crippen LogP contribution in [0.4, 0.5) is 11.5 Å². The maximum Gasteiger partial charge on any atom is 0.255 e. The molecule has 0 fully saturated rings. The fourth-order valence-corrected chi connectivity index (χ4v) is 2.05. The van der Waals surface area contributed by atoms with E-state index in [9.17, 15) is 4.79 Å². The third kappa shape index (κ3) is 4.18. The standard InChI is InChI=1S/C15H16ClN3O2/c1-17-14-9-11(8-13(16)19-14)15(21)18-12-4-2-10(3-5-12)6-7-20/h2-5,8-9,20H,6-7H2,1H3,(H,17,19)(H,18,21). The Kier molecular flexibility index (Phi) is 5.14. The Bertz CT molecular complexity index is 629. The molecule has 1 aromatic carbocycles. The molecule has 110 valence electrons. The Balaban J connectivity index is 2.12. The Morgan fingerprint density at radius 3 is 2.62 bits per heavy atom. The summed E-state index contributed by atoms with van der Waals surface area (Å²) in [6, 6.07) is 10.5. The molecule has 0 saturated carbocycles. The monoisotopic (exact) mass is 305 g/mol. The van der Waals surface area contributed by atoms with E-state index >= 15 is 0 Å². The Labute approximate surface area is 128 Å². The molecule has 3 N–H and O–H groups in total. The van der Waals surface area contributed by atoms with Crippen LogP contribution in [0.1, 0.15) is 15.9 Å². The van der Waals surface area contributed by atoms with Crippen molar-refractivity contribution in [2.24, 2.45) is 0 Å². The van der Waals surface area contributed by atoms with Gasteiger partial charge in [-0.1, -0.05) is 23.7 Å². The summed E-state index contributed by atoms with van der Waals surface area (Å²) in [6.45, 7) is 0.105. The number of hydrogen-bond donors (Lipinski definition) is 3. The summed E-state index contributed by atoms with van der Waals surface area (Å²) in [5.41, 5.74) is 2.12. The number of benzene rings is 1. The molecule has 1 heterocycles. The Morgan fingerprint density at radius 1 is 1.29 bits per heavy atom. The molecular weight excluding hydrogens is 290 g/mol. The van der Waals surface area contributed by atoms with Crippen LogP contribution in [0.5, 0.6) is 0 Å². The number of aliphatic hydroxyl groups is 1. The van der Waals surface area contributed by atoms with Crippen molar-refractivity contribution < 1.29 is 9.90 Å². The molecule has 2 aromatic rings. The molecule has 21 heavy (non-hydrogen) atoms. The molecule has 5 nitrogen and oxygen atoms in total. The molecule has 0 atom stereocenters. The second-order valence-electron chi connectivity index (χ2n) is 4.44. The van der Waals surface area contributed by atoms with Gasteiger partial charge < -0.3 is 15.7 Å². The van der Waals surface area contributed by atoms with Crippen LogP contribution in [0.2, 0.25) is 5.15 Å². The number of rotatable bonds is 5. The molecular formula is C15H16ClN3O2. The molecule has 1 amide bonds. The molecule has 0 spiro atoms. The van der Waals surface area contributed by atoms with Crippen LogP contribution in [0.3, 0.4) is 0 Å². The lowest BCUT2D eigenvalue weighted by Gasteiger charge is -2.08. The third-order valence-corrected chi connectivity index (χ3v) is 3.12. The number of pyridine rings is 1. The number of amides is 1. The number of aromatic nitrogens is 1. The number of hydrogen-bond acceptors (Lipinski definition) is 4. The zero-order chi connectivity index (χ0) is 15.2. The van der Waals surface area contributed by atoms with Gasteiger partial charge in [-0.3, -0.25) is 4.79 Å². The highest BCUT2D eigenvalue weighted by molar-refractivity contribution is 6.30. The quantitative estimate of drug-likeness (QED) is 0.742. The van der Waals surface area contributed by atoms with Crippen molar-refractivity contribution >= 4 is 29.0 Å². The topological polar surface area (TPSA) is 74.2 Å². The second kappa shape index (κ2) is 7.06. The van der Waals surface area contributed by atoms with E-state index in [4.69, 9.17) is 16.7 Å². The molecule has 0 saturated heterocycles. The summed E-state index contributed by atoms with van der Waals surface area (Å²) in [7, 11) is 1.71. The highest BCUT2D eigenvalue weighted by Gasteiger charge is 2.09. The predicted molar refractivity (Wildman–Crippen MR) is 84.0 cm³/mol. The van der Waals surface area contributed by atoms with Crippen molar-refractivity contribution in [1.29, 1.82) is 0 Å². The first-order valence-corrected chi connectivity index (χ1v) is 6.86. The molecule has 1 aromatic heterocycles. The van der Waals surface area contributed by atoms with Crippen molar-refractivity contribution in [2.45, 2.75) is 6.42 Å². The van der Waals surface area contributed by atoms with Crippen LogP contribution in [-0.2, 0) is 6.42 Å². The van der Waals surface area contributed by atoms with Crippen molar-refractivity contribution in [2.75, 3.05) is 24.3 Å². The highest BCUT2D eigenvalue weighted by Crippen LogP contribution is 2.16. The predicted octanol–water partition coefficient (Wildman–Crippen LogP) is 2.56. The SMILES string of the molecule is CNc1cc(C(=O)Nc2ccc(CCO)cc2)cc(Cl)n1. The number of nitrogens with zero attached hydrogens (tertiary/aromatic N) is 1. The minimum Gasteiger partial charge on any atom is -0.396 e. The zero-order valence-corrected chi connectivity index (χ0v) is 12.3. The maximum atomic E-state index is 12.2. The normalized spacial score (nSPS) is 10.2. The van der Waals surface area contributed by atoms with E-state index in [2.05, 4.69) is 15.6 Å². The number of halogens is 1. The number of anilines is 2. The summed E-state index contributed by atoms with van der Waals surface area (Å²) in [6.07, 6.45) is 0.597. The fourth-order valence-electron chi connectivity index (χ4n) is 1.84. The lowest BCUT2D eigenvalue weighted by Crippen LogP contribution is -2.12. The van der Waals surface area contributed by atoms with Crippen LogP contribution in [-0.4, -0.2) is 29.7 Å². The van der Waals surface area contributed by atoms with Crippen LogP contribution in [0.15, 0.2) is 36.4 Å². The molecule has 0 aliphatic rings. The lowest BCUT2D eigenvalue weighted by molar-refractivity contribution is 0.102. The fraction of sp³-hybridized carbons (Fsp3) is 0.200.